The second-order valence-corrected chi connectivity index (χ2v) is 4.23. The van der Waals surface area contributed by atoms with E-state index in [0.717, 1.165) is 32.2 Å². The largest absolute Gasteiger partial charge is 0.380 e. The molecule has 0 aromatic rings. The molecule has 1 rings (SSSR count). The smallest absolute Gasteiger partial charge is 0.0778 e. The Morgan fingerprint density at radius 2 is 2.07 bits per heavy atom. The SMILES string of the molecule is CCCOCC(NC)C(OCC)C1CC1. The van der Waals surface area contributed by atoms with Crippen LogP contribution in [0.15, 0.2) is 0 Å². The Kier molecular flexibility index (Phi) is 6.22. The maximum atomic E-state index is 5.81. The van der Waals surface area contributed by atoms with Gasteiger partial charge in [-0.25, -0.2) is 0 Å². The minimum absolute atomic E-state index is 0.344. The van der Waals surface area contributed by atoms with Crippen LogP contribution < -0.4 is 5.32 Å². The highest BCUT2D eigenvalue weighted by molar-refractivity contribution is 4.89. The van der Waals surface area contributed by atoms with Crippen LogP contribution in [0.25, 0.3) is 0 Å². The molecular formula is C12H25NO2. The van der Waals surface area contributed by atoms with Gasteiger partial charge in [0, 0.05) is 13.2 Å². The molecule has 15 heavy (non-hydrogen) atoms. The van der Waals surface area contributed by atoms with Gasteiger partial charge < -0.3 is 14.8 Å². The lowest BCUT2D eigenvalue weighted by Crippen LogP contribution is -2.44. The van der Waals surface area contributed by atoms with Gasteiger partial charge >= 0.3 is 0 Å². The van der Waals surface area contributed by atoms with Crippen LogP contribution in [-0.2, 0) is 9.47 Å². The average molecular weight is 215 g/mol. The van der Waals surface area contributed by atoms with Crippen molar-refractivity contribution >= 4 is 0 Å². The fourth-order valence-corrected chi connectivity index (χ4v) is 1.90. The van der Waals surface area contributed by atoms with Crippen molar-refractivity contribution in [1.82, 2.24) is 5.32 Å². The summed E-state index contributed by atoms with van der Waals surface area (Å²) < 4.78 is 11.4. The third kappa shape index (κ3) is 4.49. The quantitative estimate of drug-likeness (QED) is 0.595. The van der Waals surface area contributed by atoms with Crippen LogP contribution in [0, 0.1) is 5.92 Å². The molecule has 1 aliphatic rings. The zero-order chi connectivity index (χ0) is 11.1. The zero-order valence-electron chi connectivity index (χ0n) is 10.3. The minimum atomic E-state index is 0.344. The second-order valence-electron chi connectivity index (χ2n) is 4.23. The number of rotatable bonds is 9. The molecule has 0 saturated heterocycles. The predicted octanol–water partition coefficient (Wildman–Crippen LogP) is 1.82. The lowest BCUT2D eigenvalue weighted by atomic mass is 10.1. The second kappa shape index (κ2) is 7.20. The van der Waals surface area contributed by atoms with Crippen molar-refractivity contribution in [3.05, 3.63) is 0 Å². The Bertz CT molecular complexity index is 160. The van der Waals surface area contributed by atoms with E-state index in [1.807, 2.05) is 7.05 Å². The molecule has 0 amide bonds. The summed E-state index contributed by atoms with van der Waals surface area (Å²) in [7, 11) is 1.99. The van der Waals surface area contributed by atoms with Gasteiger partial charge in [-0.2, -0.15) is 0 Å². The van der Waals surface area contributed by atoms with Gasteiger partial charge in [-0.05, 0) is 39.2 Å². The van der Waals surface area contributed by atoms with E-state index in [9.17, 15) is 0 Å². The Morgan fingerprint density at radius 1 is 1.33 bits per heavy atom. The molecule has 2 unspecified atom stereocenters. The summed E-state index contributed by atoms with van der Waals surface area (Å²) in [6.07, 6.45) is 4.06. The van der Waals surface area contributed by atoms with Crippen LogP contribution in [0.2, 0.25) is 0 Å². The molecule has 90 valence electrons. The number of hydrogen-bond acceptors (Lipinski definition) is 3. The average Bonchev–Trinajstić information content (AvgIpc) is 3.06. The van der Waals surface area contributed by atoms with Crippen molar-refractivity contribution in [2.75, 3.05) is 26.9 Å². The molecule has 0 bridgehead atoms. The number of nitrogens with one attached hydrogen (secondary N) is 1. The fraction of sp³-hybridized carbons (Fsp3) is 1.00. The normalized spacial score (nSPS) is 20.2. The summed E-state index contributed by atoms with van der Waals surface area (Å²) in [5.74, 6) is 0.757. The van der Waals surface area contributed by atoms with Crippen LogP contribution in [0.5, 0.6) is 0 Å². The highest BCUT2D eigenvalue weighted by atomic mass is 16.5. The molecule has 3 heteroatoms. The first kappa shape index (κ1) is 12.9. The number of ether oxygens (including phenoxy) is 2. The van der Waals surface area contributed by atoms with Crippen molar-refractivity contribution in [1.29, 1.82) is 0 Å². The summed E-state index contributed by atoms with van der Waals surface area (Å²) in [6.45, 7) is 6.62. The number of hydrogen-bond donors (Lipinski definition) is 1. The third-order valence-electron chi connectivity index (χ3n) is 2.86. The lowest BCUT2D eigenvalue weighted by molar-refractivity contribution is -0.00913. The predicted molar refractivity (Wildman–Crippen MR) is 62.1 cm³/mol. The monoisotopic (exact) mass is 215 g/mol. The van der Waals surface area contributed by atoms with Gasteiger partial charge in [0.05, 0.1) is 18.8 Å². The summed E-state index contributed by atoms with van der Waals surface area (Å²) in [6, 6.07) is 0.351. The van der Waals surface area contributed by atoms with E-state index in [1.165, 1.54) is 12.8 Å². The van der Waals surface area contributed by atoms with Crippen molar-refractivity contribution < 1.29 is 9.47 Å². The first-order valence-electron chi connectivity index (χ1n) is 6.20. The van der Waals surface area contributed by atoms with E-state index >= 15 is 0 Å². The lowest BCUT2D eigenvalue weighted by Gasteiger charge is -2.26. The van der Waals surface area contributed by atoms with Crippen LogP contribution in [0.4, 0.5) is 0 Å². The van der Waals surface area contributed by atoms with Crippen LogP contribution in [-0.4, -0.2) is 39.0 Å². The zero-order valence-corrected chi connectivity index (χ0v) is 10.3. The highest BCUT2D eigenvalue weighted by Gasteiger charge is 2.36. The Hall–Kier alpha value is -0.120. The van der Waals surface area contributed by atoms with Crippen molar-refractivity contribution in [2.45, 2.75) is 45.3 Å². The third-order valence-corrected chi connectivity index (χ3v) is 2.86. The first-order valence-corrected chi connectivity index (χ1v) is 6.20. The Morgan fingerprint density at radius 3 is 2.53 bits per heavy atom. The molecule has 0 heterocycles. The van der Waals surface area contributed by atoms with Gasteiger partial charge in [0.2, 0.25) is 0 Å². The molecular weight excluding hydrogens is 190 g/mol. The number of likely N-dealkylation sites (N-methyl/N-ethyl adjacent to an activating group) is 1. The van der Waals surface area contributed by atoms with Gasteiger partial charge in [-0.3, -0.25) is 0 Å². The minimum Gasteiger partial charge on any atom is -0.380 e. The van der Waals surface area contributed by atoms with E-state index in [2.05, 4.69) is 19.2 Å². The van der Waals surface area contributed by atoms with E-state index in [4.69, 9.17) is 9.47 Å². The maximum Gasteiger partial charge on any atom is 0.0778 e. The topological polar surface area (TPSA) is 30.5 Å². The van der Waals surface area contributed by atoms with Crippen molar-refractivity contribution in [3.8, 4) is 0 Å². The molecule has 0 aromatic carbocycles. The van der Waals surface area contributed by atoms with Crippen LogP contribution in [0.3, 0.4) is 0 Å². The van der Waals surface area contributed by atoms with Crippen LogP contribution >= 0.6 is 0 Å². The summed E-state index contributed by atoms with van der Waals surface area (Å²) >= 11 is 0. The van der Waals surface area contributed by atoms with Gasteiger partial charge in [0.15, 0.2) is 0 Å². The fourth-order valence-electron chi connectivity index (χ4n) is 1.90. The standard InChI is InChI=1S/C12H25NO2/c1-4-8-14-9-11(13-3)12(15-5-2)10-6-7-10/h10-13H,4-9H2,1-3H3. The molecule has 1 N–H and O–H groups in total. The van der Waals surface area contributed by atoms with Crippen molar-refractivity contribution in [3.63, 3.8) is 0 Å². The summed E-state index contributed by atoms with van der Waals surface area (Å²) in [5, 5.41) is 3.32. The van der Waals surface area contributed by atoms with Crippen LogP contribution in [0.1, 0.15) is 33.1 Å². The van der Waals surface area contributed by atoms with Crippen molar-refractivity contribution in [2.24, 2.45) is 5.92 Å². The maximum absolute atomic E-state index is 5.81. The Balaban J connectivity index is 2.31. The molecule has 1 fully saturated rings. The van der Waals surface area contributed by atoms with E-state index in [1.54, 1.807) is 0 Å². The molecule has 0 radical (unpaired) electrons. The molecule has 1 aliphatic carbocycles. The summed E-state index contributed by atoms with van der Waals surface area (Å²) in [4.78, 5) is 0. The summed E-state index contributed by atoms with van der Waals surface area (Å²) in [5.41, 5.74) is 0. The van der Waals surface area contributed by atoms with Gasteiger partial charge in [0.1, 0.15) is 0 Å². The Labute approximate surface area is 93.5 Å². The molecule has 2 atom stereocenters. The first-order chi connectivity index (χ1) is 7.33. The van der Waals surface area contributed by atoms with Gasteiger partial charge in [-0.1, -0.05) is 6.92 Å². The molecule has 1 saturated carbocycles. The van der Waals surface area contributed by atoms with E-state index < -0.39 is 0 Å². The molecule has 3 nitrogen and oxygen atoms in total. The highest BCUT2D eigenvalue weighted by Crippen LogP contribution is 2.35. The van der Waals surface area contributed by atoms with E-state index in [0.29, 0.717) is 12.1 Å². The van der Waals surface area contributed by atoms with Gasteiger partial charge in [-0.15, -0.1) is 0 Å². The molecule has 0 spiro atoms. The van der Waals surface area contributed by atoms with E-state index in [-0.39, 0.29) is 0 Å². The van der Waals surface area contributed by atoms with Gasteiger partial charge in [0.25, 0.3) is 0 Å². The molecule has 0 aromatic heterocycles. The molecule has 0 aliphatic heterocycles.